The summed E-state index contributed by atoms with van der Waals surface area (Å²) in [5.74, 6) is -0.882. The maximum absolute atomic E-state index is 12.5. The minimum Gasteiger partial charge on any atom is -0.462 e. The molecule has 0 saturated carbocycles. The maximum Gasteiger partial charge on any atom is 0.472 e. The SMILES string of the molecule is CCC=CCC=CCC=CCC=CCCCCC(=O)OC[C@H](COP(=O)(O)OCCN)OC(=O)CCCCCCCCCCCCC. The second-order valence-corrected chi connectivity index (χ2v) is 13.2. The summed E-state index contributed by atoms with van der Waals surface area (Å²) in [4.78, 5) is 34.6. The number of esters is 2. The number of hydrogen-bond acceptors (Lipinski definition) is 8. The predicted molar refractivity (Wildman–Crippen MR) is 192 cm³/mol. The predicted octanol–water partition coefficient (Wildman–Crippen LogP) is 9.60. The molecule has 3 N–H and O–H groups in total. The van der Waals surface area contributed by atoms with Gasteiger partial charge in [0.2, 0.25) is 0 Å². The van der Waals surface area contributed by atoms with Crippen molar-refractivity contribution >= 4 is 19.8 Å². The summed E-state index contributed by atoms with van der Waals surface area (Å²) in [6.07, 6.45) is 35.7. The number of phosphoric ester groups is 1. The number of rotatable bonds is 33. The zero-order valence-electron chi connectivity index (χ0n) is 29.5. The molecule has 0 fully saturated rings. The summed E-state index contributed by atoms with van der Waals surface area (Å²) >= 11 is 0. The normalized spacial score (nSPS) is 14.0. The standard InChI is InChI=1S/C37H66NO8P/c1-3-5-7-9-11-13-15-16-17-18-20-21-23-25-27-29-36(39)43-33-35(34-45-47(41,42)44-32-31-38)46-37(40)30-28-26-24-22-19-14-12-10-8-6-4-2/h5,7,11,13,16-17,20-21,35H,3-4,6,8-10,12,14-15,18-19,22-34,38H2,1-2H3,(H,41,42)/t35-/m1/s1. The molecule has 0 spiro atoms. The lowest BCUT2D eigenvalue weighted by molar-refractivity contribution is -0.161. The Hall–Kier alpha value is -2.03. The molecule has 0 aliphatic heterocycles. The molecule has 0 aromatic carbocycles. The largest absolute Gasteiger partial charge is 0.472 e. The summed E-state index contributed by atoms with van der Waals surface area (Å²) < 4.78 is 32.5. The Morgan fingerprint density at radius 2 is 1.17 bits per heavy atom. The first-order valence-electron chi connectivity index (χ1n) is 18.1. The minimum absolute atomic E-state index is 0.0468. The Labute approximate surface area is 286 Å². The first kappa shape index (κ1) is 45.0. The van der Waals surface area contributed by atoms with Crippen LogP contribution >= 0.6 is 7.82 Å². The summed E-state index contributed by atoms with van der Waals surface area (Å²) in [6, 6.07) is 0. The number of carbonyl (C=O) groups excluding carboxylic acids is 2. The molecule has 47 heavy (non-hydrogen) atoms. The molecule has 9 nitrogen and oxygen atoms in total. The van der Waals surface area contributed by atoms with E-state index in [9.17, 15) is 19.0 Å². The monoisotopic (exact) mass is 683 g/mol. The zero-order chi connectivity index (χ0) is 34.7. The molecule has 0 aromatic heterocycles. The molecule has 272 valence electrons. The third-order valence-electron chi connectivity index (χ3n) is 7.23. The van der Waals surface area contributed by atoms with Gasteiger partial charge < -0.3 is 20.1 Å². The lowest BCUT2D eigenvalue weighted by atomic mass is 10.1. The molecule has 0 heterocycles. The highest BCUT2D eigenvalue weighted by atomic mass is 31.2. The van der Waals surface area contributed by atoms with E-state index < -0.39 is 32.5 Å². The van der Waals surface area contributed by atoms with Crippen molar-refractivity contribution in [3.63, 3.8) is 0 Å². The van der Waals surface area contributed by atoms with Crippen molar-refractivity contribution in [1.82, 2.24) is 0 Å². The van der Waals surface area contributed by atoms with Gasteiger partial charge in [-0.2, -0.15) is 0 Å². The highest BCUT2D eigenvalue weighted by Gasteiger charge is 2.25. The fourth-order valence-electron chi connectivity index (χ4n) is 4.56. The van der Waals surface area contributed by atoms with Gasteiger partial charge in [0, 0.05) is 19.4 Å². The molecule has 0 aliphatic carbocycles. The van der Waals surface area contributed by atoms with E-state index in [0.29, 0.717) is 12.8 Å². The molecular weight excluding hydrogens is 617 g/mol. The molecular formula is C37H66NO8P. The van der Waals surface area contributed by atoms with Crippen LogP contribution in [-0.2, 0) is 32.7 Å². The van der Waals surface area contributed by atoms with Crippen molar-refractivity contribution in [3.8, 4) is 0 Å². The quantitative estimate of drug-likeness (QED) is 0.0300. The Bertz CT molecular complexity index is 918. The van der Waals surface area contributed by atoms with Gasteiger partial charge in [-0.3, -0.25) is 18.6 Å². The molecule has 0 bridgehead atoms. The van der Waals surface area contributed by atoms with Gasteiger partial charge in [-0.15, -0.1) is 0 Å². The van der Waals surface area contributed by atoms with Crippen molar-refractivity contribution in [2.45, 2.75) is 148 Å². The van der Waals surface area contributed by atoms with Crippen LogP contribution in [-0.4, -0.2) is 49.3 Å². The molecule has 1 unspecified atom stereocenters. The summed E-state index contributed by atoms with van der Waals surface area (Å²) in [5.41, 5.74) is 5.32. The third kappa shape index (κ3) is 33.7. The first-order valence-corrected chi connectivity index (χ1v) is 19.6. The highest BCUT2D eigenvalue weighted by Crippen LogP contribution is 2.43. The lowest BCUT2D eigenvalue weighted by Crippen LogP contribution is -2.29. The van der Waals surface area contributed by atoms with Crippen LogP contribution in [0.5, 0.6) is 0 Å². The average Bonchev–Trinajstić information content (AvgIpc) is 3.05. The van der Waals surface area contributed by atoms with Gasteiger partial charge in [0.15, 0.2) is 6.10 Å². The molecule has 0 radical (unpaired) electrons. The van der Waals surface area contributed by atoms with Gasteiger partial charge in [0.25, 0.3) is 0 Å². The first-order chi connectivity index (χ1) is 22.8. The number of phosphoric acid groups is 1. The van der Waals surface area contributed by atoms with E-state index in [-0.39, 0.29) is 32.6 Å². The number of hydrogen-bond donors (Lipinski definition) is 2. The van der Waals surface area contributed by atoms with Crippen molar-refractivity contribution < 1.29 is 37.6 Å². The van der Waals surface area contributed by atoms with Gasteiger partial charge in [0.05, 0.1) is 13.2 Å². The Morgan fingerprint density at radius 1 is 0.660 bits per heavy atom. The van der Waals surface area contributed by atoms with E-state index in [1.807, 2.05) is 0 Å². The highest BCUT2D eigenvalue weighted by molar-refractivity contribution is 7.47. The van der Waals surface area contributed by atoms with E-state index in [1.54, 1.807) is 0 Å². The maximum atomic E-state index is 12.5. The van der Waals surface area contributed by atoms with Crippen LogP contribution in [0.2, 0.25) is 0 Å². The van der Waals surface area contributed by atoms with Crippen LogP contribution in [0.25, 0.3) is 0 Å². The number of unbranched alkanes of at least 4 members (excludes halogenated alkanes) is 12. The fourth-order valence-corrected chi connectivity index (χ4v) is 5.33. The van der Waals surface area contributed by atoms with E-state index in [1.165, 1.54) is 44.9 Å². The second-order valence-electron chi connectivity index (χ2n) is 11.7. The van der Waals surface area contributed by atoms with Gasteiger partial charge in [-0.05, 0) is 51.4 Å². The van der Waals surface area contributed by atoms with Gasteiger partial charge in [-0.25, -0.2) is 4.57 Å². The summed E-state index contributed by atoms with van der Waals surface area (Å²) in [7, 11) is -4.38. The molecule has 2 atom stereocenters. The van der Waals surface area contributed by atoms with Crippen LogP contribution in [0, 0.1) is 0 Å². The molecule has 0 rings (SSSR count). The summed E-state index contributed by atoms with van der Waals surface area (Å²) in [5, 5.41) is 0. The third-order valence-corrected chi connectivity index (χ3v) is 8.21. The van der Waals surface area contributed by atoms with E-state index in [2.05, 4.69) is 62.5 Å². The molecule has 10 heteroatoms. The van der Waals surface area contributed by atoms with Crippen molar-refractivity contribution in [2.24, 2.45) is 5.73 Å². The molecule has 0 aliphatic rings. The van der Waals surface area contributed by atoms with Gasteiger partial charge in [0.1, 0.15) is 6.61 Å². The van der Waals surface area contributed by atoms with Crippen LogP contribution in [0.4, 0.5) is 0 Å². The molecule has 0 aromatic rings. The van der Waals surface area contributed by atoms with E-state index in [4.69, 9.17) is 24.3 Å². The fraction of sp³-hybridized carbons (Fsp3) is 0.730. The zero-order valence-corrected chi connectivity index (χ0v) is 30.4. The number of ether oxygens (including phenoxy) is 2. The number of allylic oxidation sites excluding steroid dienone is 8. The smallest absolute Gasteiger partial charge is 0.462 e. The van der Waals surface area contributed by atoms with E-state index in [0.717, 1.165) is 57.8 Å². The topological polar surface area (TPSA) is 134 Å². The van der Waals surface area contributed by atoms with Crippen molar-refractivity contribution in [3.05, 3.63) is 48.6 Å². The molecule has 0 amide bonds. The Balaban J connectivity index is 4.33. The second kappa shape index (κ2) is 33.9. The Kier molecular flexibility index (Phi) is 32.4. The van der Waals surface area contributed by atoms with Crippen LogP contribution in [0.1, 0.15) is 142 Å². The summed E-state index contributed by atoms with van der Waals surface area (Å²) in [6.45, 7) is 3.53. The van der Waals surface area contributed by atoms with Gasteiger partial charge >= 0.3 is 19.8 Å². The van der Waals surface area contributed by atoms with Crippen LogP contribution in [0.3, 0.4) is 0 Å². The number of carbonyl (C=O) groups is 2. The van der Waals surface area contributed by atoms with Gasteiger partial charge in [-0.1, -0.05) is 127 Å². The number of nitrogens with two attached hydrogens (primary N) is 1. The van der Waals surface area contributed by atoms with E-state index >= 15 is 0 Å². The van der Waals surface area contributed by atoms with Crippen molar-refractivity contribution in [1.29, 1.82) is 0 Å². The average molecular weight is 684 g/mol. The Morgan fingerprint density at radius 3 is 1.74 bits per heavy atom. The molecule has 0 saturated heterocycles. The lowest BCUT2D eigenvalue weighted by Gasteiger charge is -2.19. The minimum atomic E-state index is -4.38. The van der Waals surface area contributed by atoms with Crippen LogP contribution in [0.15, 0.2) is 48.6 Å². The van der Waals surface area contributed by atoms with Crippen molar-refractivity contribution in [2.75, 3.05) is 26.4 Å². The van der Waals surface area contributed by atoms with Crippen LogP contribution < -0.4 is 5.73 Å².